The monoisotopic (exact) mass is 284 g/mol. The fourth-order valence-electron chi connectivity index (χ4n) is 2.08. The van der Waals surface area contributed by atoms with Gasteiger partial charge >= 0.3 is 0 Å². The van der Waals surface area contributed by atoms with Crippen LogP contribution in [0.15, 0.2) is 18.2 Å². The molecule has 1 aromatic rings. The topological polar surface area (TPSA) is 81.5 Å². The Bertz CT molecular complexity index is 497. The zero-order valence-electron chi connectivity index (χ0n) is 10.6. The zero-order valence-corrected chi connectivity index (χ0v) is 11.4. The number of nitrogens with one attached hydrogen (secondary N) is 1. The highest BCUT2D eigenvalue weighted by molar-refractivity contribution is 7.85. The number of rotatable bonds is 4. The fraction of sp³-hybridized carbons (Fsp3) is 0.500. The molecule has 0 bridgehead atoms. The first kappa shape index (κ1) is 13.8. The van der Waals surface area contributed by atoms with Crippen LogP contribution in [0.3, 0.4) is 0 Å². The number of benzene rings is 1. The summed E-state index contributed by atoms with van der Waals surface area (Å²) in [5.41, 5.74) is 0.495. The Morgan fingerprint density at radius 1 is 1.42 bits per heavy atom. The summed E-state index contributed by atoms with van der Waals surface area (Å²) < 4.78 is 16.4. The Morgan fingerprint density at radius 2 is 2.11 bits per heavy atom. The third kappa shape index (κ3) is 3.44. The molecule has 1 aliphatic heterocycles. The van der Waals surface area contributed by atoms with Gasteiger partial charge in [0.15, 0.2) is 0 Å². The van der Waals surface area contributed by atoms with Crippen LogP contribution < -0.4 is 10.1 Å². The summed E-state index contributed by atoms with van der Waals surface area (Å²) in [4.78, 5) is 10.6. The van der Waals surface area contributed by atoms with E-state index in [1.54, 1.807) is 12.1 Å². The maximum absolute atomic E-state index is 11.3. The van der Waals surface area contributed by atoms with Gasteiger partial charge in [0.25, 0.3) is 5.69 Å². The van der Waals surface area contributed by atoms with Gasteiger partial charge in [-0.25, -0.2) is 0 Å². The molecule has 7 heteroatoms. The molecule has 0 aliphatic carbocycles. The third-order valence-electron chi connectivity index (χ3n) is 3.15. The van der Waals surface area contributed by atoms with E-state index in [1.807, 2.05) is 0 Å². The van der Waals surface area contributed by atoms with E-state index in [0.29, 0.717) is 22.9 Å². The molecular formula is C12H16N2O4S. The van der Waals surface area contributed by atoms with Crippen molar-refractivity contribution in [2.75, 3.05) is 23.9 Å². The van der Waals surface area contributed by atoms with Gasteiger partial charge in [0.1, 0.15) is 11.4 Å². The van der Waals surface area contributed by atoms with Gasteiger partial charge in [-0.1, -0.05) is 0 Å². The number of nitro groups is 1. The summed E-state index contributed by atoms with van der Waals surface area (Å²) in [5.74, 6) is 1.87. The van der Waals surface area contributed by atoms with Crippen LogP contribution >= 0.6 is 0 Å². The molecule has 1 fully saturated rings. The highest BCUT2D eigenvalue weighted by atomic mass is 32.2. The maximum atomic E-state index is 11.3. The minimum absolute atomic E-state index is 0.0347. The number of nitrogens with zero attached hydrogens (tertiary/aromatic N) is 1. The highest BCUT2D eigenvalue weighted by Gasteiger charge is 2.21. The SMILES string of the molecule is COc1ccc([N+](=O)[O-])c(NC2CCS(=O)CC2)c1. The lowest BCUT2D eigenvalue weighted by molar-refractivity contribution is -0.384. The Balaban J connectivity index is 2.17. The van der Waals surface area contributed by atoms with Crippen molar-refractivity contribution in [3.63, 3.8) is 0 Å². The van der Waals surface area contributed by atoms with Crippen LogP contribution in [0.25, 0.3) is 0 Å². The Hall–Kier alpha value is -1.63. The molecule has 1 heterocycles. The van der Waals surface area contributed by atoms with Gasteiger partial charge in [-0.15, -0.1) is 0 Å². The first-order chi connectivity index (χ1) is 9.10. The minimum atomic E-state index is -0.738. The van der Waals surface area contributed by atoms with Crippen LogP contribution in [0.4, 0.5) is 11.4 Å². The summed E-state index contributed by atoms with van der Waals surface area (Å²) in [7, 11) is 0.785. The maximum Gasteiger partial charge on any atom is 0.292 e. The van der Waals surface area contributed by atoms with Crippen molar-refractivity contribution in [1.82, 2.24) is 0 Å². The molecule has 19 heavy (non-hydrogen) atoms. The van der Waals surface area contributed by atoms with Crippen molar-refractivity contribution in [1.29, 1.82) is 0 Å². The molecule has 0 radical (unpaired) electrons. The summed E-state index contributed by atoms with van der Waals surface area (Å²) in [6.07, 6.45) is 1.53. The summed E-state index contributed by atoms with van der Waals surface area (Å²) in [6.45, 7) is 0. The lowest BCUT2D eigenvalue weighted by Crippen LogP contribution is -2.29. The zero-order chi connectivity index (χ0) is 13.8. The second-order valence-corrected chi connectivity index (χ2v) is 6.10. The summed E-state index contributed by atoms with van der Waals surface area (Å²) >= 11 is 0. The average molecular weight is 284 g/mol. The molecule has 1 N–H and O–H groups in total. The van der Waals surface area contributed by atoms with Crippen LogP contribution in [-0.4, -0.2) is 33.8 Å². The number of hydrogen-bond donors (Lipinski definition) is 1. The van der Waals surface area contributed by atoms with E-state index in [4.69, 9.17) is 4.74 Å². The standard InChI is InChI=1S/C12H16N2O4S/c1-18-10-2-3-12(14(15)16)11(8-10)13-9-4-6-19(17)7-5-9/h2-3,8-9,13H,4-7H2,1H3. The third-order valence-corrected chi connectivity index (χ3v) is 4.53. The first-order valence-corrected chi connectivity index (χ1v) is 7.53. The summed E-state index contributed by atoms with van der Waals surface area (Å²) in [6, 6.07) is 4.76. The van der Waals surface area contributed by atoms with Gasteiger partial charge in [0, 0.05) is 40.5 Å². The molecule has 0 unspecified atom stereocenters. The van der Waals surface area contributed by atoms with Crippen LogP contribution in [0.1, 0.15) is 12.8 Å². The van der Waals surface area contributed by atoms with Crippen molar-refractivity contribution >= 4 is 22.2 Å². The van der Waals surface area contributed by atoms with E-state index < -0.39 is 15.7 Å². The van der Waals surface area contributed by atoms with E-state index in [9.17, 15) is 14.3 Å². The Kier molecular flexibility index (Phi) is 4.36. The van der Waals surface area contributed by atoms with Crippen molar-refractivity contribution in [2.45, 2.75) is 18.9 Å². The van der Waals surface area contributed by atoms with E-state index in [2.05, 4.69) is 5.32 Å². The van der Waals surface area contributed by atoms with Gasteiger partial charge in [0.05, 0.1) is 12.0 Å². The predicted octanol–water partition coefficient (Wildman–Crippen LogP) is 1.93. The van der Waals surface area contributed by atoms with E-state index in [-0.39, 0.29) is 11.7 Å². The van der Waals surface area contributed by atoms with Gasteiger partial charge in [-0.3, -0.25) is 14.3 Å². The molecule has 104 valence electrons. The molecule has 1 aromatic carbocycles. The Morgan fingerprint density at radius 3 is 2.68 bits per heavy atom. The van der Waals surface area contributed by atoms with Crippen LogP contribution in [0.2, 0.25) is 0 Å². The number of ether oxygens (including phenoxy) is 1. The molecule has 0 amide bonds. The molecule has 1 aliphatic rings. The average Bonchev–Trinajstić information content (AvgIpc) is 2.41. The predicted molar refractivity (Wildman–Crippen MR) is 74.2 cm³/mol. The van der Waals surface area contributed by atoms with Crippen LogP contribution in [0.5, 0.6) is 5.75 Å². The van der Waals surface area contributed by atoms with Crippen molar-refractivity contribution in [2.24, 2.45) is 0 Å². The highest BCUT2D eigenvalue weighted by Crippen LogP contribution is 2.30. The fourth-order valence-corrected chi connectivity index (χ4v) is 3.37. The molecule has 1 saturated heterocycles. The first-order valence-electron chi connectivity index (χ1n) is 6.04. The largest absolute Gasteiger partial charge is 0.497 e. The van der Waals surface area contributed by atoms with E-state index in [1.165, 1.54) is 13.2 Å². The van der Waals surface area contributed by atoms with Gasteiger partial charge in [-0.2, -0.15) is 0 Å². The van der Waals surface area contributed by atoms with Crippen LogP contribution in [0, 0.1) is 10.1 Å². The minimum Gasteiger partial charge on any atom is -0.497 e. The number of anilines is 1. The Labute approximate surface area is 113 Å². The van der Waals surface area contributed by atoms with Crippen molar-refractivity contribution in [3.8, 4) is 5.75 Å². The molecule has 2 rings (SSSR count). The van der Waals surface area contributed by atoms with Gasteiger partial charge < -0.3 is 10.1 Å². The molecule has 0 spiro atoms. The smallest absolute Gasteiger partial charge is 0.292 e. The number of hydrogen-bond acceptors (Lipinski definition) is 5. The molecule has 0 atom stereocenters. The van der Waals surface area contributed by atoms with E-state index >= 15 is 0 Å². The quantitative estimate of drug-likeness (QED) is 0.675. The normalized spacial score (nSPS) is 22.8. The second kappa shape index (κ2) is 6.01. The summed E-state index contributed by atoms with van der Waals surface area (Å²) in [5, 5.41) is 14.2. The number of nitro benzene ring substituents is 1. The van der Waals surface area contributed by atoms with Crippen molar-refractivity contribution < 1.29 is 13.9 Å². The number of methoxy groups -OCH3 is 1. The molecule has 0 saturated carbocycles. The second-order valence-electron chi connectivity index (χ2n) is 4.41. The molecular weight excluding hydrogens is 268 g/mol. The van der Waals surface area contributed by atoms with Crippen LogP contribution in [-0.2, 0) is 10.8 Å². The molecule has 6 nitrogen and oxygen atoms in total. The van der Waals surface area contributed by atoms with Crippen molar-refractivity contribution in [3.05, 3.63) is 28.3 Å². The van der Waals surface area contributed by atoms with Gasteiger partial charge in [-0.05, 0) is 18.9 Å². The lowest BCUT2D eigenvalue weighted by atomic mass is 10.1. The molecule has 0 aromatic heterocycles. The lowest BCUT2D eigenvalue weighted by Gasteiger charge is -2.23. The van der Waals surface area contributed by atoms with E-state index in [0.717, 1.165) is 12.8 Å². The van der Waals surface area contributed by atoms with Gasteiger partial charge in [0.2, 0.25) is 0 Å².